The van der Waals surface area contributed by atoms with Crippen LogP contribution < -0.4 is 0 Å². The third-order valence-corrected chi connectivity index (χ3v) is 2.63. The van der Waals surface area contributed by atoms with E-state index in [0.29, 0.717) is 0 Å². The van der Waals surface area contributed by atoms with Gasteiger partial charge in [-0.15, -0.1) is 0 Å². The van der Waals surface area contributed by atoms with Gasteiger partial charge in [0, 0.05) is 25.1 Å². The Morgan fingerprint density at radius 3 is 2.43 bits per heavy atom. The number of likely N-dealkylation sites (N-methyl/N-ethyl adjacent to an activating group) is 1. The maximum Gasteiger partial charge on any atom is 0.0593 e. The molecule has 86 valence electrons. The van der Waals surface area contributed by atoms with E-state index in [-0.39, 0.29) is 11.5 Å². The van der Waals surface area contributed by atoms with Gasteiger partial charge >= 0.3 is 0 Å². The zero-order chi connectivity index (χ0) is 11.2. The fraction of sp³-hybridized carbons (Fsp3) is 1.00. The van der Waals surface area contributed by atoms with E-state index in [4.69, 9.17) is 4.74 Å². The van der Waals surface area contributed by atoms with Crippen molar-refractivity contribution in [1.82, 2.24) is 4.90 Å². The first kappa shape index (κ1) is 13.9. The number of aliphatic hydroxyl groups is 1. The predicted octanol–water partition coefficient (Wildman–Crippen LogP) is 1.36. The highest BCUT2D eigenvalue weighted by molar-refractivity contribution is 4.77. The van der Waals surface area contributed by atoms with E-state index in [2.05, 4.69) is 25.8 Å². The molecule has 0 aliphatic carbocycles. The predicted molar refractivity (Wildman–Crippen MR) is 59.5 cm³/mol. The van der Waals surface area contributed by atoms with Gasteiger partial charge in [0.05, 0.1) is 12.7 Å². The lowest BCUT2D eigenvalue weighted by molar-refractivity contribution is 0.0323. The smallest absolute Gasteiger partial charge is 0.0593 e. The van der Waals surface area contributed by atoms with Crippen LogP contribution in [-0.4, -0.2) is 49.5 Å². The Kier molecular flexibility index (Phi) is 6.33. The van der Waals surface area contributed by atoms with Gasteiger partial charge in [-0.05, 0) is 20.9 Å². The summed E-state index contributed by atoms with van der Waals surface area (Å²) in [6.07, 6.45) is -0.281. The number of ether oxygens (including phenoxy) is 1. The van der Waals surface area contributed by atoms with Crippen molar-refractivity contribution in [3.8, 4) is 0 Å². The molecule has 0 aliphatic heterocycles. The highest BCUT2D eigenvalue weighted by atomic mass is 16.5. The van der Waals surface area contributed by atoms with Gasteiger partial charge in [-0.3, -0.25) is 0 Å². The van der Waals surface area contributed by atoms with Gasteiger partial charge in [0.25, 0.3) is 0 Å². The van der Waals surface area contributed by atoms with Crippen molar-refractivity contribution in [2.45, 2.75) is 33.8 Å². The molecule has 0 heterocycles. The van der Waals surface area contributed by atoms with Gasteiger partial charge in [0.1, 0.15) is 0 Å². The van der Waals surface area contributed by atoms with Gasteiger partial charge in [-0.1, -0.05) is 13.8 Å². The van der Waals surface area contributed by atoms with E-state index in [1.807, 2.05) is 13.8 Å². The minimum Gasteiger partial charge on any atom is -0.393 e. The Balaban J connectivity index is 3.75. The third-order valence-electron chi connectivity index (χ3n) is 2.63. The van der Waals surface area contributed by atoms with Crippen molar-refractivity contribution in [2.75, 3.05) is 33.4 Å². The molecule has 0 aromatic carbocycles. The summed E-state index contributed by atoms with van der Waals surface area (Å²) in [7, 11) is 2.06. The molecule has 1 N–H and O–H groups in total. The zero-order valence-electron chi connectivity index (χ0n) is 10.2. The minimum atomic E-state index is -0.281. The number of nitrogens with zero attached hydrogens (tertiary/aromatic N) is 1. The Labute approximate surface area is 88.1 Å². The molecule has 3 heteroatoms. The molecule has 0 aromatic heterocycles. The Morgan fingerprint density at radius 1 is 1.43 bits per heavy atom. The summed E-state index contributed by atoms with van der Waals surface area (Å²) in [6.45, 7) is 11.3. The number of rotatable bonds is 7. The normalized spacial score (nSPS) is 14.8. The van der Waals surface area contributed by atoms with Crippen molar-refractivity contribution in [3.05, 3.63) is 0 Å². The highest BCUT2D eigenvalue weighted by Crippen LogP contribution is 2.20. The van der Waals surface area contributed by atoms with Crippen molar-refractivity contribution in [1.29, 1.82) is 0 Å². The van der Waals surface area contributed by atoms with Gasteiger partial charge in [0.2, 0.25) is 0 Å². The Bertz CT molecular complexity index is 146. The number of aliphatic hydroxyl groups excluding tert-OH is 1. The SMILES string of the molecule is CCOCCN(C)CC(C)(C)C(C)O. The van der Waals surface area contributed by atoms with Gasteiger partial charge in [-0.2, -0.15) is 0 Å². The summed E-state index contributed by atoms with van der Waals surface area (Å²) in [5, 5.41) is 9.54. The molecule has 3 nitrogen and oxygen atoms in total. The quantitative estimate of drug-likeness (QED) is 0.634. The van der Waals surface area contributed by atoms with Gasteiger partial charge < -0.3 is 14.7 Å². The lowest BCUT2D eigenvalue weighted by Crippen LogP contribution is -2.39. The van der Waals surface area contributed by atoms with Crippen LogP contribution in [0.4, 0.5) is 0 Å². The third kappa shape index (κ3) is 5.58. The molecule has 0 amide bonds. The van der Waals surface area contributed by atoms with Crippen molar-refractivity contribution < 1.29 is 9.84 Å². The summed E-state index contributed by atoms with van der Waals surface area (Å²) in [5.41, 5.74) is -0.0546. The maximum absolute atomic E-state index is 9.54. The van der Waals surface area contributed by atoms with Crippen molar-refractivity contribution in [2.24, 2.45) is 5.41 Å². The van der Waals surface area contributed by atoms with Crippen LogP contribution in [0.5, 0.6) is 0 Å². The molecular weight excluding hydrogens is 178 g/mol. The van der Waals surface area contributed by atoms with Crippen LogP contribution in [0.1, 0.15) is 27.7 Å². The molecule has 0 spiro atoms. The van der Waals surface area contributed by atoms with E-state index < -0.39 is 0 Å². The standard InChI is InChI=1S/C11H25NO2/c1-6-14-8-7-12(5)9-11(3,4)10(2)13/h10,13H,6-9H2,1-5H3. The van der Waals surface area contributed by atoms with Gasteiger partial charge in [0.15, 0.2) is 0 Å². The molecule has 0 aromatic rings. The molecule has 0 bridgehead atoms. The molecule has 1 unspecified atom stereocenters. The van der Waals surface area contributed by atoms with E-state index in [0.717, 1.165) is 26.3 Å². The maximum atomic E-state index is 9.54. The Hall–Kier alpha value is -0.120. The number of hydrogen-bond acceptors (Lipinski definition) is 3. The molecule has 0 aliphatic rings. The average molecular weight is 203 g/mol. The first-order valence-corrected chi connectivity index (χ1v) is 5.34. The first-order chi connectivity index (χ1) is 6.40. The average Bonchev–Trinajstić information content (AvgIpc) is 2.03. The summed E-state index contributed by atoms with van der Waals surface area (Å²) < 4.78 is 5.27. The molecule has 0 radical (unpaired) electrons. The van der Waals surface area contributed by atoms with Crippen LogP contribution in [0.3, 0.4) is 0 Å². The van der Waals surface area contributed by atoms with Crippen LogP contribution in [0.2, 0.25) is 0 Å². The minimum absolute atomic E-state index is 0.0546. The molecule has 0 rings (SSSR count). The zero-order valence-corrected chi connectivity index (χ0v) is 10.2. The second-order valence-electron chi connectivity index (χ2n) is 4.60. The lowest BCUT2D eigenvalue weighted by atomic mass is 9.87. The van der Waals surface area contributed by atoms with Crippen LogP contribution >= 0.6 is 0 Å². The molecule has 0 saturated carbocycles. The van der Waals surface area contributed by atoms with Crippen molar-refractivity contribution in [3.63, 3.8) is 0 Å². The van der Waals surface area contributed by atoms with Crippen LogP contribution in [0.25, 0.3) is 0 Å². The molecule has 0 fully saturated rings. The molecule has 0 saturated heterocycles. The molecular formula is C11H25NO2. The summed E-state index contributed by atoms with van der Waals surface area (Å²) in [5.74, 6) is 0. The lowest BCUT2D eigenvalue weighted by Gasteiger charge is -2.32. The largest absolute Gasteiger partial charge is 0.393 e. The fourth-order valence-corrected chi connectivity index (χ4v) is 1.27. The monoisotopic (exact) mass is 203 g/mol. The summed E-state index contributed by atoms with van der Waals surface area (Å²) >= 11 is 0. The van der Waals surface area contributed by atoms with E-state index in [1.54, 1.807) is 0 Å². The summed E-state index contributed by atoms with van der Waals surface area (Å²) in [4.78, 5) is 2.20. The summed E-state index contributed by atoms with van der Waals surface area (Å²) in [6, 6.07) is 0. The van der Waals surface area contributed by atoms with Crippen molar-refractivity contribution >= 4 is 0 Å². The fourth-order valence-electron chi connectivity index (χ4n) is 1.27. The molecule has 1 atom stereocenters. The topological polar surface area (TPSA) is 32.7 Å². The second-order valence-corrected chi connectivity index (χ2v) is 4.60. The van der Waals surface area contributed by atoms with Gasteiger partial charge in [-0.25, -0.2) is 0 Å². The highest BCUT2D eigenvalue weighted by Gasteiger charge is 2.25. The van der Waals surface area contributed by atoms with E-state index >= 15 is 0 Å². The molecule has 14 heavy (non-hydrogen) atoms. The first-order valence-electron chi connectivity index (χ1n) is 5.34. The van der Waals surface area contributed by atoms with E-state index in [1.165, 1.54) is 0 Å². The number of hydrogen-bond donors (Lipinski definition) is 1. The van der Waals surface area contributed by atoms with Crippen LogP contribution in [-0.2, 0) is 4.74 Å². The van der Waals surface area contributed by atoms with Crippen LogP contribution in [0, 0.1) is 5.41 Å². The second kappa shape index (κ2) is 6.38. The Morgan fingerprint density at radius 2 is 2.00 bits per heavy atom. The van der Waals surface area contributed by atoms with Crippen LogP contribution in [0.15, 0.2) is 0 Å². The van der Waals surface area contributed by atoms with E-state index in [9.17, 15) is 5.11 Å².